The molecule has 0 atom stereocenters. The zero-order valence-electron chi connectivity index (χ0n) is 11.7. The molecule has 1 aromatic carbocycles. The van der Waals surface area contributed by atoms with Crippen molar-refractivity contribution in [2.45, 2.75) is 19.9 Å². The number of amides is 1. The Bertz CT molecular complexity index is 642. The van der Waals surface area contributed by atoms with Crippen LogP contribution in [-0.2, 0) is 0 Å². The van der Waals surface area contributed by atoms with E-state index in [0.29, 0.717) is 27.5 Å². The van der Waals surface area contributed by atoms with E-state index in [4.69, 9.17) is 23.2 Å². The van der Waals surface area contributed by atoms with E-state index < -0.39 is 0 Å². The van der Waals surface area contributed by atoms with E-state index >= 15 is 0 Å². The maximum atomic E-state index is 12.1. The average Bonchev–Trinajstić information content (AvgIpc) is 2.43. The molecule has 4 nitrogen and oxygen atoms in total. The lowest BCUT2D eigenvalue weighted by Gasteiger charge is -2.10. The number of hydrogen-bond acceptors (Lipinski definition) is 3. The Morgan fingerprint density at radius 3 is 2.57 bits per heavy atom. The van der Waals surface area contributed by atoms with Crippen LogP contribution in [0.4, 0.5) is 11.4 Å². The van der Waals surface area contributed by atoms with E-state index in [1.807, 2.05) is 19.9 Å². The van der Waals surface area contributed by atoms with Gasteiger partial charge in [-0.1, -0.05) is 23.2 Å². The highest BCUT2D eigenvalue weighted by molar-refractivity contribution is 6.35. The molecule has 1 heterocycles. The van der Waals surface area contributed by atoms with Crippen molar-refractivity contribution in [2.75, 3.05) is 10.6 Å². The van der Waals surface area contributed by atoms with E-state index in [1.165, 1.54) is 0 Å². The van der Waals surface area contributed by atoms with Crippen LogP contribution in [0.25, 0.3) is 0 Å². The monoisotopic (exact) mass is 323 g/mol. The van der Waals surface area contributed by atoms with Crippen molar-refractivity contribution in [3.05, 3.63) is 52.3 Å². The smallest absolute Gasteiger partial charge is 0.274 e. The minimum Gasteiger partial charge on any atom is -0.382 e. The summed E-state index contributed by atoms with van der Waals surface area (Å²) < 4.78 is 0. The Hall–Kier alpha value is -1.78. The summed E-state index contributed by atoms with van der Waals surface area (Å²) in [5, 5.41) is 6.81. The molecule has 0 saturated carbocycles. The molecule has 0 aliphatic rings. The summed E-state index contributed by atoms with van der Waals surface area (Å²) in [6, 6.07) is 8.64. The summed E-state index contributed by atoms with van der Waals surface area (Å²) >= 11 is 11.9. The Balaban J connectivity index is 2.11. The number of aromatic nitrogens is 1. The molecule has 2 aromatic rings. The summed E-state index contributed by atoms with van der Waals surface area (Å²) in [6.45, 7) is 4.06. The molecule has 0 fully saturated rings. The predicted octanol–water partition coefficient (Wildman–Crippen LogP) is 4.46. The zero-order chi connectivity index (χ0) is 15.4. The van der Waals surface area contributed by atoms with E-state index in [9.17, 15) is 4.79 Å². The predicted molar refractivity (Wildman–Crippen MR) is 87.4 cm³/mol. The molecule has 0 spiro atoms. The summed E-state index contributed by atoms with van der Waals surface area (Å²) in [6.07, 6.45) is 1.62. The van der Waals surface area contributed by atoms with Gasteiger partial charge < -0.3 is 10.6 Å². The van der Waals surface area contributed by atoms with Crippen LogP contribution in [0.5, 0.6) is 0 Å². The van der Waals surface area contributed by atoms with Gasteiger partial charge in [-0.25, -0.2) is 4.98 Å². The lowest BCUT2D eigenvalue weighted by molar-refractivity contribution is 0.102. The van der Waals surface area contributed by atoms with Gasteiger partial charge >= 0.3 is 0 Å². The van der Waals surface area contributed by atoms with E-state index in [-0.39, 0.29) is 5.91 Å². The molecular weight excluding hydrogens is 309 g/mol. The minimum atomic E-state index is -0.338. The van der Waals surface area contributed by atoms with Crippen molar-refractivity contribution in [1.82, 2.24) is 4.98 Å². The average molecular weight is 324 g/mol. The number of pyridine rings is 1. The van der Waals surface area contributed by atoms with Gasteiger partial charge in [-0.3, -0.25) is 4.79 Å². The zero-order valence-corrected chi connectivity index (χ0v) is 13.2. The first-order valence-corrected chi connectivity index (χ1v) is 7.20. The van der Waals surface area contributed by atoms with Crippen LogP contribution in [0.15, 0.2) is 36.5 Å². The van der Waals surface area contributed by atoms with Crippen LogP contribution in [0.1, 0.15) is 24.3 Å². The third kappa shape index (κ3) is 4.34. The molecule has 2 N–H and O–H groups in total. The first kappa shape index (κ1) is 15.6. The fourth-order valence-electron chi connectivity index (χ4n) is 1.73. The molecule has 1 amide bonds. The molecule has 0 aliphatic carbocycles. The number of carbonyl (C=O) groups is 1. The van der Waals surface area contributed by atoms with Gasteiger partial charge in [0.2, 0.25) is 0 Å². The first-order valence-electron chi connectivity index (χ1n) is 6.44. The van der Waals surface area contributed by atoms with Crippen LogP contribution in [0, 0.1) is 0 Å². The number of nitrogens with one attached hydrogen (secondary N) is 2. The number of rotatable bonds is 4. The molecule has 110 valence electrons. The fraction of sp³-hybridized carbons (Fsp3) is 0.200. The fourth-order valence-corrected chi connectivity index (χ4v) is 2.06. The molecule has 0 aliphatic heterocycles. The number of hydrogen-bond donors (Lipinski definition) is 2. The van der Waals surface area contributed by atoms with Crippen molar-refractivity contribution >= 4 is 40.5 Å². The summed E-state index contributed by atoms with van der Waals surface area (Å²) in [7, 11) is 0. The molecule has 2 rings (SSSR count). The van der Waals surface area contributed by atoms with Crippen molar-refractivity contribution in [3.63, 3.8) is 0 Å². The summed E-state index contributed by atoms with van der Waals surface area (Å²) in [4.78, 5) is 16.2. The lowest BCUT2D eigenvalue weighted by atomic mass is 10.2. The van der Waals surface area contributed by atoms with Crippen LogP contribution in [-0.4, -0.2) is 16.9 Å². The number of halogens is 2. The molecule has 0 radical (unpaired) electrons. The van der Waals surface area contributed by atoms with Crippen LogP contribution >= 0.6 is 23.2 Å². The van der Waals surface area contributed by atoms with E-state index in [2.05, 4.69) is 15.6 Å². The largest absolute Gasteiger partial charge is 0.382 e. The number of anilines is 2. The van der Waals surface area contributed by atoms with Crippen molar-refractivity contribution < 1.29 is 4.79 Å². The van der Waals surface area contributed by atoms with Crippen LogP contribution in [0.2, 0.25) is 10.0 Å². The second-order valence-electron chi connectivity index (χ2n) is 4.81. The Labute approximate surface area is 133 Å². The van der Waals surface area contributed by atoms with Gasteiger partial charge in [0.1, 0.15) is 5.69 Å². The highest BCUT2D eigenvalue weighted by Crippen LogP contribution is 2.25. The molecular formula is C15H15Cl2N3O. The van der Waals surface area contributed by atoms with Crippen LogP contribution in [0.3, 0.4) is 0 Å². The van der Waals surface area contributed by atoms with E-state index in [1.54, 1.807) is 30.5 Å². The summed E-state index contributed by atoms with van der Waals surface area (Å²) in [5.41, 5.74) is 1.63. The third-order valence-electron chi connectivity index (χ3n) is 2.63. The number of nitrogens with zero attached hydrogens (tertiary/aromatic N) is 1. The number of benzene rings is 1. The molecule has 0 saturated heterocycles. The van der Waals surface area contributed by atoms with Crippen molar-refractivity contribution in [3.8, 4) is 0 Å². The maximum absolute atomic E-state index is 12.1. The second kappa shape index (κ2) is 6.78. The first-order chi connectivity index (χ1) is 9.95. The Kier molecular flexibility index (Phi) is 5.04. The highest BCUT2D eigenvalue weighted by Gasteiger charge is 2.10. The normalized spacial score (nSPS) is 10.5. The van der Waals surface area contributed by atoms with Gasteiger partial charge in [-0.2, -0.15) is 0 Å². The minimum absolute atomic E-state index is 0.303. The molecule has 6 heteroatoms. The third-order valence-corrected chi connectivity index (χ3v) is 3.19. The second-order valence-corrected chi connectivity index (χ2v) is 5.65. The Morgan fingerprint density at radius 2 is 1.95 bits per heavy atom. The highest BCUT2D eigenvalue weighted by atomic mass is 35.5. The van der Waals surface area contributed by atoms with E-state index in [0.717, 1.165) is 5.69 Å². The quantitative estimate of drug-likeness (QED) is 0.873. The van der Waals surface area contributed by atoms with Gasteiger partial charge in [-0.15, -0.1) is 0 Å². The number of carbonyl (C=O) groups excluding carboxylic acids is 1. The topological polar surface area (TPSA) is 54.0 Å². The Morgan fingerprint density at radius 1 is 1.19 bits per heavy atom. The SMILES string of the molecule is CC(C)Nc1ccc(C(=O)Nc2cc(Cl)ccc2Cl)nc1. The van der Waals surface area contributed by atoms with Gasteiger partial charge in [0.25, 0.3) is 5.91 Å². The van der Waals surface area contributed by atoms with Gasteiger partial charge in [0, 0.05) is 11.1 Å². The molecule has 0 bridgehead atoms. The van der Waals surface area contributed by atoms with Crippen molar-refractivity contribution in [2.24, 2.45) is 0 Å². The van der Waals surface area contributed by atoms with Gasteiger partial charge in [0.15, 0.2) is 0 Å². The molecule has 1 aromatic heterocycles. The molecule has 21 heavy (non-hydrogen) atoms. The van der Waals surface area contributed by atoms with Gasteiger partial charge in [0.05, 0.1) is 22.6 Å². The lowest BCUT2D eigenvalue weighted by Crippen LogP contribution is -2.15. The standard InChI is InChI=1S/C15H15Cl2N3O/c1-9(2)19-11-4-6-13(18-8-11)15(21)20-14-7-10(16)3-5-12(14)17/h3-9,19H,1-2H3,(H,20,21). The van der Waals surface area contributed by atoms with Gasteiger partial charge in [-0.05, 0) is 44.2 Å². The molecule has 0 unspecified atom stereocenters. The maximum Gasteiger partial charge on any atom is 0.274 e. The van der Waals surface area contributed by atoms with Crippen molar-refractivity contribution in [1.29, 1.82) is 0 Å². The van der Waals surface area contributed by atoms with Crippen LogP contribution < -0.4 is 10.6 Å². The summed E-state index contributed by atoms with van der Waals surface area (Å²) in [5.74, 6) is -0.338.